The van der Waals surface area contributed by atoms with Crippen LogP contribution in [0.25, 0.3) is 0 Å². The van der Waals surface area contributed by atoms with Crippen molar-refractivity contribution >= 4 is 21.7 Å². The van der Waals surface area contributed by atoms with Gasteiger partial charge in [-0.1, -0.05) is 6.92 Å². The quantitative estimate of drug-likeness (QED) is 0.604. The molecule has 0 atom stereocenters. The predicted octanol–water partition coefficient (Wildman–Crippen LogP) is -0.813. The molecule has 0 aliphatic heterocycles. The van der Waals surface area contributed by atoms with Gasteiger partial charge in [0.1, 0.15) is 11.5 Å². The van der Waals surface area contributed by atoms with Gasteiger partial charge < -0.3 is 10.6 Å². The van der Waals surface area contributed by atoms with Gasteiger partial charge in [-0.3, -0.25) is 4.79 Å². The average molecular weight is 287 g/mol. The zero-order chi connectivity index (χ0) is 14.3. The Morgan fingerprint density at radius 1 is 1.32 bits per heavy atom. The van der Waals surface area contributed by atoms with Gasteiger partial charge in [0.15, 0.2) is 0 Å². The fourth-order valence-electron chi connectivity index (χ4n) is 1.26. The molecule has 0 unspecified atom stereocenters. The van der Waals surface area contributed by atoms with Gasteiger partial charge in [-0.05, 0) is 0 Å². The molecule has 0 radical (unpaired) electrons. The van der Waals surface area contributed by atoms with Crippen LogP contribution in [0.2, 0.25) is 0 Å². The summed E-state index contributed by atoms with van der Waals surface area (Å²) in [5.41, 5.74) is 0.139. The largest absolute Gasteiger partial charge is 0.372 e. The van der Waals surface area contributed by atoms with E-state index in [4.69, 9.17) is 0 Å². The minimum atomic E-state index is -3.33. The van der Waals surface area contributed by atoms with Crippen molar-refractivity contribution < 1.29 is 13.2 Å². The van der Waals surface area contributed by atoms with Crippen molar-refractivity contribution in [2.45, 2.75) is 6.92 Å². The number of nitrogens with one attached hydrogen (secondary N) is 3. The number of sulfonamides is 1. The lowest BCUT2D eigenvalue weighted by atomic mass is 10.4. The van der Waals surface area contributed by atoms with Gasteiger partial charge in [0.25, 0.3) is 5.91 Å². The Morgan fingerprint density at radius 3 is 2.58 bits per heavy atom. The lowest BCUT2D eigenvalue weighted by molar-refractivity contribution is 0.0951. The standard InChI is InChI=1S/C10H17N5O3S/c1-3-15-19(17,18)5-4-12-10(16)8-6-14-9(11-2)7-13-8/h6-7,15H,3-5H2,1-2H3,(H,11,14)(H,12,16). The van der Waals surface area contributed by atoms with Crippen molar-refractivity contribution in [1.29, 1.82) is 0 Å². The number of hydrogen-bond donors (Lipinski definition) is 3. The first-order valence-corrected chi connectivity index (χ1v) is 7.39. The Balaban J connectivity index is 2.47. The molecular weight excluding hydrogens is 270 g/mol. The molecule has 1 aromatic rings. The smallest absolute Gasteiger partial charge is 0.271 e. The van der Waals surface area contributed by atoms with Gasteiger partial charge in [-0.25, -0.2) is 23.1 Å². The second kappa shape index (κ2) is 7.00. The number of aromatic nitrogens is 2. The third-order valence-electron chi connectivity index (χ3n) is 2.16. The van der Waals surface area contributed by atoms with Crippen LogP contribution in [0.3, 0.4) is 0 Å². The Labute approximate surface area is 112 Å². The molecule has 1 amide bonds. The van der Waals surface area contributed by atoms with Gasteiger partial charge in [0.2, 0.25) is 10.0 Å². The van der Waals surface area contributed by atoms with Crippen LogP contribution < -0.4 is 15.4 Å². The minimum Gasteiger partial charge on any atom is -0.372 e. The summed E-state index contributed by atoms with van der Waals surface area (Å²) < 4.78 is 25.0. The fraction of sp³-hybridized carbons (Fsp3) is 0.500. The van der Waals surface area contributed by atoms with Crippen LogP contribution in [0.1, 0.15) is 17.4 Å². The van der Waals surface area contributed by atoms with Crippen molar-refractivity contribution in [2.75, 3.05) is 31.2 Å². The van der Waals surface area contributed by atoms with E-state index in [0.29, 0.717) is 12.4 Å². The summed E-state index contributed by atoms with van der Waals surface area (Å²) in [6.45, 7) is 2.03. The molecule has 0 saturated heterocycles. The van der Waals surface area contributed by atoms with Crippen molar-refractivity contribution in [3.8, 4) is 0 Å². The molecule has 1 aromatic heterocycles. The van der Waals surface area contributed by atoms with Crippen molar-refractivity contribution in [2.24, 2.45) is 0 Å². The number of hydrogen-bond acceptors (Lipinski definition) is 6. The molecule has 19 heavy (non-hydrogen) atoms. The molecule has 0 aliphatic carbocycles. The average Bonchev–Trinajstić information content (AvgIpc) is 2.38. The van der Waals surface area contributed by atoms with E-state index in [1.807, 2.05) is 0 Å². The first-order valence-electron chi connectivity index (χ1n) is 5.74. The van der Waals surface area contributed by atoms with E-state index in [9.17, 15) is 13.2 Å². The zero-order valence-electron chi connectivity index (χ0n) is 10.8. The third-order valence-corrected chi connectivity index (χ3v) is 3.63. The number of anilines is 1. The van der Waals surface area contributed by atoms with Gasteiger partial charge >= 0.3 is 0 Å². The molecular formula is C10H17N5O3S. The molecule has 0 saturated carbocycles. The highest BCUT2D eigenvalue weighted by Gasteiger charge is 2.11. The number of carbonyl (C=O) groups is 1. The topological polar surface area (TPSA) is 113 Å². The lowest BCUT2D eigenvalue weighted by Gasteiger charge is -2.06. The maximum atomic E-state index is 11.6. The van der Waals surface area contributed by atoms with E-state index in [1.165, 1.54) is 12.4 Å². The fourth-order valence-corrected chi connectivity index (χ4v) is 2.21. The van der Waals surface area contributed by atoms with E-state index >= 15 is 0 Å². The van der Waals surface area contributed by atoms with Crippen molar-refractivity contribution in [3.05, 3.63) is 18.1 Å². The van der Waals surface area contributed by atoms with Gasteiger partial charge in [-0.15, -0.1) is 0 Å². The zero-order valence-corrected chi connectivity index (χ0v) is 11.6. The minimum absolute atomic E-state index is 0.0175. The molecule has 0 spiro atoms. The maximum Gasteiger partial charge on any atom is 0.271 e. The van der Waals surface area contributed by atoms with Crippen LogP contribution in [0.5, 0.6) is 0 Å². The molecule has 0 fully saturated rings. The van der Waals surface area contributed by atoms with E-state index in [1.54, 1.807) is 14.0 Å². The molecule has 0 bridgehead atoms. The maximum absolute atomic E-state index is 11.6. The molecule has 8 nitrogen and oxygen atoms in total. The molecule has 9 heteroatoms. The summed E-state index contributed by atoms with van der Waals surface area (Å²) in [6.07, 6.45) is 2.74. The van der Waals surface area contributed by atoms with Crippen LogP contribution in [-0.2, 0) is 10.0 Å². The van der Waals surface area contributed by atoms with Crippen LogP contribution in [0.15, 0.2) is 12.4 Å². The summed E-state index contributed by atoms with van der Waals surface area (Å²) in [6, 6.07) is 0. The Hall–Kier alpha value is -1.74. The second-order valence-electron chi connectivity index (χ2n) is 3.61. The van der Waals surface area contributed by atoms with Gasteiger partial charge in [0, 0.05) is 20.1 Å². The van der Waals surface area contributed by atoms with Crippen LogP contribution in [0, 0.1) is 0 Å². The lowest BCUT2D eigenvalue weighted by Crippen LogP contribution is -2.34. The number of amides is 1. The van der Waals surface area contributed by atoms with Crippen molar-refractivity contribution in [3.63, 3.8) is 0 Å². The first-order chi connectivity index (χ1) is 8.98. The Bertz CT molecular complexity index is 514. The predicted molar refractivity (Wildman–Crippen MR) is 71.4 cm³/mol. The molecule has 1 rings (SSSR count). The summed E-state index contributed by atoms with van der Waals surface area (Å²) >= 11 is 0. The highest BCUT2D eigenvalue weighted by atomic mass is 32.2. The molecule has 106 valence electrons. The van der Waals surface area contributed by atoms with Crippen LogP contribution >= 0.6 is 0 Å². The highest BCUT2D eigenvalue weighted by Crippen LogP contribution is 1.99. The molecule has 0 aromatic carbocycles. The SMILES string of the molecule is CCNS(=O)(=O)CCNC(=O)c1cnc(NC)cn1. The van der Waals surface area contributed by atoms with E-state index in [-0.39, 0.29) is 18.0 Å². The van der Waals surface area contributed by atoms with Gasteiger partial charge in [-0.2, -0.15) is 0 Å². The summed E-state index contributed by atoms with van der Waals surface area (Å²) in [4.78, 5) is 19.5. The number of rotatable bonds is 7. The van der Waals surface area contributed by atoms with E-state index in [2.05, 4.69) is 25.3 Å². The van der Waals surface area contributed by atoms with E-state index < -0.39 is 15.9 Å². The third kappa shape index (κ3) is 5.18. The van der Waals surface area contributed by atoms with Crippen LogP contribution in [0.4, 0.5) is 5.82 Å². The Morgan fingerprint density at radius 2 is 2.05 bits per heavy atom. The normalized spacial score (nSPS) is 11.1. The van der Waals surface area contributed by atoms with Crippen molar-refractivity contribution in [1.82, 2.24) is 20.0 Å². The number of carbonyl (C=O) groups excluding carboxylic acids is 1. The van der Waals surface area contributed by atoms with Crippen LogP contribution in [-0.4, -0.2) is 50.2 Å². The molecule has 3 N–H and O–H groups in total. The summed E-state index contributed by atoms with van der Waals surface area (Å²) in [7, 11) is -1.64. The molecule has 1 heterocycles. The summed E-state index contributed by atoms with van der Waals surface area (Å²) in [5, 5.41) is 5.25. The number of nitrogens with zero attached hydrogens (tertiary/aromatic N) is 2. The molecule has 0 aliphatic rings. The monoisotopic (exact) mass is 287 g/mol. The Kier molecular flexibility index (Phi) is 5.64. The highest BCUT2D eigenvalue weighted by molar-refractivity contribution is 7.89. The van der Waals surface area contributed by atoms with Gasteiger partial charge in [0.05, 0.1) is 18.1 Å². The van der Waals surface area contributed by atoms with E-state index in [0.717, 1.165) is 0 Å². The first kappa shape index (κ1) is 15.3. The second-order valence-corrected chi connectivity index (χ2v) is 5.54. The summed E-state index contributed by atoms with van der Waals surface area (Å²) in [5.74, 6) is -0.0812.